The van der Waals surface area contributed by atoms with E-state index in [9.17, 15) is 9.59 Å². The largest absolute Gasteiger partial charge is 0.468 e. The van der Waals surface area contributed by atoms with Crippen molar-refractivity contribution in [1.29, 1.82) is 0 Å². The zero-order valence-electron chi connectivity index (χ0n) is 11.1. The number of hydrogen-bond donors (Lipinski definition) is 0. The van der Waals surface area contributed by atoms with E-state index in [1.807, 2.05) is 18.2 Å². The van der Waals surface area contributed by atoms with Crippen LogP contribution in [0.5, 0.6) is 0 Å². The molecule has 98 valence electrons. The normalized spacial score (nSPS) is 10.9. The Kier molecular flexibility index (Phi) is 4.42. The fourth-order valence-electron chi connectivity index (χ4n) is 1.63. The number of nitrogens with zero attached hydrogens (tertiary/aromatic N) is 2. The molecule has 0 spiro atoms. The molecule has 0 aliphatic rings. The zero-order valence-corrected chi connectivity index (χ0v) is 11.1. The van der Waals surface area contributed by atoms with Crippen molar-refractivity contribution >= 4 is 11.9 Å². The van der Waals surface area contributed by atoms with Crippen LogP contribution in [0.25, 0.3) is 0 Å². The first kappa shape index (κ1) is 14.2. The Morgan fingerprint density at radius 1 is 1.39 bits per heavy atom. The van der Waals surface area contributed by atoms with Gasteiger partial charge in [-0.25, -0.2) is 0 Å². The van der Waals surface area contributed by atoms with E-state index in [-0.39, 0.29) is 5.91 Å². The maximum Gasteiger partial charge on any atom is 0.320 e. The predicted octanol–water partition coefficient (Wildman–Crippen LogP) is 1.24. The lowest BCUT2D eigenvalue weighted by molar-refractivity contribution is -0.160. The van der Waals surface area contributed by atoms with Gasteiger partial charge in [-0.1, -0.05) is 6.07 Å². The topological polar surface area (TPSA) is 59.5 Å². The van der Waals surface area contributed by atoms with Crippen LogP contribution in [-0.4, -0.2) is 35.9 Å². The fourth-order valence-corrected chi connectivity index (χ4v) is 1.63. The van der Waals surface area contributed by atoms with Crippen molar-refractivity contribution in [3.8, 4) is 0 Å². The minimum absolute atomic E-state index is 0.292. The van der Waals surface area contributed by atoms with Gasteiger partial charge in [-0.2, -0.15) is 0 Å². The van der Waals surface area contributed by atoms with E-state index in [2.05, 4.69) is 9.72 Å². The van der Waals surface area contributed by atoms with Crippen LogP contribution in [0.2, 0.25) is 0 Å². The lowest BCUT2D eigenvalue weighted by atomic mass is 9.92. The van der Waals surface area contributed by atoms with Gasteiger partial charge in [0.15, 0.2) is 0 Å². The van der Waals surface area contributed by atoms with Crippen LogP contribution in [0, 0.1) is 5.41 Å². The molecule has 1 rings (SSSR count). The van der Waals surface area contributed by atoms with Crippen LogP contribution in [0.3, 0.4) is 0 Å². The molecule has 0 saturated heterocycles. The molecule has 5 nitrogen and oxygen atoms in total. The smallest absolute Gasteiger partial charge is 0.320 e. The highest BCUT2D eigenvalue weighted by molar-refractivity contribution is 6.01. The van der Waals surface area contributed by atoms with Crippen LogP contribution in [-0.2, 0) is 20.9 Å². The summed E-state index contributed by atoms with van der Waals surface area (Å²) in [7, 11) is 2.91. The summed E-state index contributed by atoms with van der Waals surface area (Å²) < 4.78 is 4.63. The van der Waals surface area contributed by atoms with Gasteiger partial charge in [0.25, 0.3) is 0 Å². The number of carbonyl (C=O) groups excluding carboxylic acids is 2. The summed E-state index contributed by atoms with van der Waals surface area (Å²) in [6.07, 6.45) is 1.67. The van der Waals surface area contributed by atoms with E-state index in [0.29, 0.717) is 6.54 Å². The Morgan fingerprint density at radius 2 is 2.06 bits per heavy atom. The van der Waals surface area contributed by atoms with E-state index >= 15 is 0 Å². The van der Waals surface area contributed by atoms with Gasteiger partial charge < -0.3 is 9.64 Å². The van der Waals surface area contributed by atoms with Crippen molar-refractivity contribution in [3.63, 3.8) is 0 Å². The number of methoxy groups -OCH3 is 1. The molecule has 0 bridgehead atoms. The zero-order chi connectivity index (χ0) is 13.8. The molecule has 1 aromatic heterocycles. The first-order chi connectivity index (χ1) is 8.39. The number of esters is 1. The average Bonchev–Trinajstić information content (AvgIpc) is 2.37. The molecule has 18 heavy (non-hydrogen) atoms. The number of hydrogen-bond acceptors (Lipinski definition) is 4. The number of amides is 1. The molecule has 0 radical (unpaired) electrons. The number of pyridine rings is 1. The molecule has 1 amide bonds. The minimum atomic E-state index is -1.18. The second-order valence-electron chi connectivity index (χ2n) is 4.60. The van der Waals surface area contributed by atoms with E-state index in [0.717, 1.165) is 5.69 Å². The Balaban J connectivity index is 2.76. The van der Waals surface area contributed by atoms with Gasteiger partial charge in [-0.05, 0) is 26.0 Å². The van der Waals surface area contributed by atoms with Crippen molar-refractivity contribution in [3.05, 3.63) is 30.1 Å². The maximum atomic E-state index is 12.2. The minimum Gasteiger partial charge on any atom is -0.468 e. The molecule has 0 fully saturated rings. The summed E-state index contributed by atoms with van der Waals surface area (Å²) >= 11 is 0. The first-order valence-corrected chi connectivity index (χ1v) is 5.63. The Morgan fingerprint density at radius 3 is 2.56 bits per heavy atom. The average molecular weight is 250 g/mol. The molecule has 0 unspecified atom stereocenters. The number of aromatic nitrogens is 1. The van der Waals surface area contributed by atoms with Crippen LogP contribution >= 0.6 is 0 Å². The van der Waals surface area contributed by atoms with Crippen molar-refractivity contribution in [2.75, 3.05) is 14.2 Å². The van der Waals surface area contributed by atoms with Gasteiger partial charge in [-0.15, -0.1) is 0 Å². The van der Waals surface area contributed by atoms with Gasteiger partial charge in [0.05, 0.1) is 19.3 Å². The molecular weight excluding hydrogens is 232 g/mol. The fraction of sp³-hybridized carbons (Fsp3) is 0.462. The Hall–Kier alpha value is -1.91. The number of ether oxygens (including phenoxy) is 1. The van der Waals surface area contributed by atoms with Crippen LogP contribution in [0.15, 0.2) is 24.4 Å². The second kappa shape index (κ2) is 5.62. The van der Waals surface area contributed by atoms with Gasteiger partial charge >= 0.3 is 5.97 Å². The lowest BCUT2D eigenvalue weighted by Gasteiger charge is -2.26. The van der Waals surface area contributed by atoms with E-state index in [1.54, 1.807) is 27.1 Å². The molecule has 1 aromatic rings. The predicted molar refractivity (Wildman–Crippen MR) is 66.5 cm³/mol. The maximum absolute atomic E-state index is 12.2. The molecule has 0 aliphatic heterocycles. The van der Waals surface area contributed by atoms with Crippen LogP contribution in [0.1, 0.15) is 19.5 Å². The van der Waals surface area contributed by atoms with E-state index < -0.39 is 11.4 Å². The molecule has 5 heteroatoms. The standard InChI is InChI=1S/C13H18N2O3/c1-13(2,12(17)18-4)11(16)15(3)9-10-7-5-6-8-14-10/h5-8H,9H2,1-4H3. The highest BCUT2D eigenvalue weighted by atomic mass is 16.5. The van der Waals surface area contributed by atoms with Crippen LogP contribution < -0.4 is 0 Å². The first-order valence-electron chi connectivity index (χ1n) is 5.63. The molecule has 0 saturated carbocycles. The highest BCUT2D eigenvalue weighted by Crippen LogP contribution is 2.20. The van der Waals surface area contributed by atoms with Crippen molar-refractivity contribution < 1.29 is 14.3 Å². The summed E-state index contributed by atoms with van der Waals surface area (Å²) in [5, 5.41) is 0. The third-order valence-corrected chi connectivity index (χ3v) is 2.70. The van der Waals surface area contributed by atoms with E-state index in [1.165, 1.54) is 12.0 Å². The van der Waals surface area contributed by atoms with Gasteiger partial charge in [0.2, 0.25) is 5.91 Å². The van der Waals surface area contributed by atoms with Gasteiger partial charge in [0, 0.05) is 13.2 Å². The summed E-state index contributed by atoms with van der Waals surface area (Å²) in [4.78, 5) is 29.3. The summed E-state index contributed by atoms with van der Waals surface area (Å²) in [6, 6.07) is 5.49. The third kappa shape index (κ3) is 3.06. The van der Waals surface area contributed by atoms with E-state index in [4.69, 9.17) is 0 Å². The van der Waals surface area contributed by atoms with Gasteiger partial charge in [-0.3, -0.25) is 14.6 Å². The molecule has 1 heterocycles. The third-order valence-electron chi connectivity index (χ3n) is 2.70. The summed E-state index contributed by atoms with van der Waals surface area (Å²) in [5.74, 6) is -0.833. The molecule has 0 atom stereocenters. The molecular formula is C13H18N2O3. The van der Waals surface area contributed by atoms with Crippen molar-refractivity contribution in [1.82, 2.24) is 9.88 Å². The van der Waals surface area contributed by atoms with Crippen molar-refractivity contribution in [2.24, 2.45) is 5.41 Å². The SMILES string of the molecule is COC(=O)C(C)(C)C(=O)N(C)Cc1ccccn1. The monoisotopic (exact) mass is 250 g/mol. The molecule has 0 aliphatic carbocycles. The highest BCUT2D eigenvalue weighted by Gasteiger charge is 2.39. The Labute approximate surface area is 107 Å². The Bertz CT molecular complexity index is 429. The summed E-state index contributed by atoms with van der Waals surface area (Å²) in [5.41, 5.74) is -0.410. The quantitative estimate of drug-likeness (QED) is 0.596. The lowest BCUT2D eigenvalue weighted by Crippen LogP contribution is -2.43. The van der Waals surface area contributed by atoms with Crippen LogP contribution in [0.4, 0.5) is 0 Å². The van der Waals surface area contributed by atoms with Crippen molar-refractivity contribution in [2.45, 2.75) is 20.4 Å². The van der Waals surface area contributed by atoms with Gasteiger partial charge in [0.1, 0.15) is 5.41 Å². The molecule has 0 aromatic carbocycles. The number of carbonyl (C=O) groups is 2. The second-order valence-corrected chi connectivity index (χ2v) is 4.60. The number of rotatable bonds is 4. The summed E-state index contributed by atoms with van der Waals surface area (Å²) in [6.45, 7) is 3.46. The molecule has 0 N–H and O–H groups in total.